The molecule has 0 aliphatic carbocycles. The Bertz CT molecular complexity index is 268. The van der Waals surface area contributed by atoms with Gasteiger partial charge in [0.15, 0.2) is 0 Å². The highest BCUT2D eigenvalue weighted by Crippen LogP contribution is 2.13. The van der Waals surface area contributed by atoms with E-state index < -0.39 is 0 Å². The van der Waals surface area contributed by atoms with Gasteiger partial charge in [-0.3, -0.25) is 0 Å². The van der Waals surface area contributed by atoms with Gasteiger partial charge in [0, 0.05) is 5.56 Å². The minimum absolute atomic E-state index is 0.277. The summed E-state index contributed by atoms with van der Waals surface area (Å²) in [5.74, 6) is 0.199. The van der Waals surface area contributed by atoms with Crippen LogP contribution in [-0.2, 0) is 4.74 Å². The number of hydrogen-bond donors (Lipinski definition) is 0. The van der Waals surface area contributed by atoms with Crippen LogP contribution < -0.4 is 0 Å². The number of ether oxygens (including phenoxy) is 1. The minimum atomic E-state index is -0.277. The number of benzene rings is 1. The van der Waals surface area contributed by atoms with Gasteiger partial charge < -0.3 is 4.74 Å². The standard InChI is InChI=1S/C9H9FO/c1-7(11-2)8-4-3-5-9(10)6-8/h3-6H,1H2,2H3. The molecule has 1 nitrogen and oxygen atoms in total. The molecule has 0 heterocycles. The van der Waals surface area contributed by atoms with Crippen molar-refractivity contribution in [2.75, 3.05) is 7.11 Å². The lowest BCUT2D eigenvalue weighted by atomic mass is 10.2. The van der Waals surface area contributed by atoms with E-state index in [1.165, 1.54) is 19.2 Å². The summed E-state index contributed by atoms with van der Waals surface area (Å²) in [5.41, 5.74) is 0.674. The van der Waals surface area contributed by atoms with Crippen LogP contribution in [0.1, 0.15) is 5.56 Å². The molecule has 0 unspecified atom stereocenters. The molecule has 0 atom stereocenters. The second-order valence-electron chi connectivity index (χ2n) is 2.14. The van der Waals surface area contributed by atoms with E-state index in [0.717, 1.165) is 0 Å². The van der Waals surface area contributed by atoms with Gasteiger partial charge in [0.25, 0.3) is 0 Å². The van der Waals surface area contributed by atoms with Crippen LogP contribution in [0.2, 0.25) is 0 Å². The first kappa shape index (κ1) is 7.79. The lowest BCUT2D eigenvalue weighted by Gasteiger charge is -2.02. The smallest absolute Gasteiger partial charge is 0.123 e. The lowest BCUT2D eigenvalue weighted by molar-refractivity contribution is 0.371. The molecule has 0 bridgehead atoms. The van der Waals surface area contributed by atoms with Crippen LogP contribution in [0.15, 0.2) is 30.8 Å². The molecule has 58 valence electrons. The highest BCUT2D eigenvalue weighted by molar-refractivity contribution is 5.56. The van der Waals surface area contributed by atoms with Gasteiger partial charge in [-0.05, 0) is 12.1 Å². The number of halogens is 1. The number of rotatable bonds is 2. The van der Waals surface area contributed by atoms with Crippen LogP contribution in [-0.4, -0.2) is 7.11 Å². The Morgan fingerprint density at radius 1 is 1.55 bits per heavy atom. The summed E-state index contributed by atoms with van der Waals surface area (Å²) >= 11 is 0. The van der Waals surface area contributed by atoms with Crippen molar-refractivity contribution in [3.63, 3.8) is 0 Å². The maximum Gasteiger partial charge on any atom is 0.123 e. The van der Waals surface area contributed by atoms with E-state index in [-0.39, 0.29) is 5.82 Å². The molecule has 1 aromatic rings. The summed E-state index contributed by atoms with van der Waals surface area (Å²) < 4.78 is 17.4. The third kappa shape index (κ3) is 1.80. The first-order valence-electron chi connectivity index (χ1n) is 3.23. The van der Waals surface area contributed by atoms with Crippen LogP contribution >= 0.6 is 0 Å². The molecule has 0 spiro atoms. The zero-order chi connectivity index (χ0) is 8.27. The Hall–Kier alpha value is -1.31. The Balaban J connectivity index is 2.96. The van der Waals surface area contributed by atoms with E-state index in [1.807, 2.05) is 0 Å². The normalized spacial score (nSPS) is 9.27. The van der Waals surface area contributed by atoms with Gasteiger partial charge in [-0.25, -0.2) is 4.39 Å². The molecule has 0 amide bonds. The summed E-state index contributed by atoms with van der Waals surface area (Å²) in [5, 5.41) is 0. The van der Waals surface area contributed by atoms with Crippen LogP contribution in [0.3, 0.4) is 0 Å². The van der Waals surface area contributed by atoms with Crippen molar-refractivity contribution in [3.05, 3.63) is 42.2 Å². The van der Waals surface area contributed by atoms with Crippen LogP contribution in [0.4, 0.5) is 4.39 Å². The van der Waals surface area contributed by atoms with Crippen molar-refractivity contribution in [1.82, 2.24) is 0 Å². The zero-order valence-corrected chi connectivity index (χ0v) is 6.30. The zero-order valence-electron chi connectivity index (χ0n) is 6.30. The molecule has 0 aliphatic heterocycles. The van der Waals surface area contributed by atoms with E-state index in [4.69, 9.17) is 4.74 Å². The second kappa shape index (κ2) is 3.19. The molecule has 1 rings (SSSR count). The molecule has 1 aromatic carbocycles. The molecule has 0 radical (unpaired) electrons. The van der Waals surface area contributed by atoms with Gasteiger partial charge in [0.1, 0.15) is 11.6 Å². The van der Waals surface area contributed by atoms with Gasteiger partial charge in [0.05, 0.1) is 7.11 Å². The number of hydrogen-bond acceptors (Lipinski definition) is 1. The Morgan fingerprint density at radius 3 is 2.82 bits per heavy atom. The molecule has 0 saturated heterocycles. The Kier molecular flexibility index (Phi) is 2.26. The fraction of sp³-hybridized carbons (Fsp3) is 0.111. The van der Waals surface area contributed by atoms with Gasteiger partial charge in [-0.2, -0.15) is 0 Å². The van der Waals surface area contributed by atoms with Gasteiger partial charge in [0.2, 0.25) is 0 Å². The average molecular weight is 152 g/mol. The SMILES string of the molecule is C=C(OC)c1cccc(F)c1. The monoisotopic (exact) mass is 152 g/mol. The molecule has 0 fully saturated rings. The Morgan fingerprint density at radius 2 is 2.27 bits per heavy atom. The van der Waals surface area contributed by atoms with E-state index in [9.17, 15) is 4.39 Å². The molecule has 0 aromatic heterocycles. The predicted molar refractivity (Wildman–Crippen MR) is 42.4 cm³/mol. The van der Waals surface area contributed by atoms with Crippen molar-refractivity contribution in [2.24, 2.45) is 0 Å². The summed E-state index contributed by atoms with van der Waals surface area (Å²) in [7, 11) is 1.51. The van der Waals surface area contributed by atoms with Gasteiger partial charge >= 0.3 is 0 Å². The first-order chi connectivity index (χ1) is 5.24. The molecule has 0 N–H and O–H groups in total. The van der Waals surface area contributed by atoms with Crippen LogP contribution in [0.5, 0.6) is 0 Å². The average Bonchev–Trinajstić information content (AvgIpc) is 2.03. The number of methoxy groups -OCH3 is 1. The highest BCUT2D eigenvalue weighted by atomic mass is 19.1. The topological polar surface area (TPSA) is 9.23 Å². The largest absolute Gasteiger partial charge is 0.497 e. The third-order valence-electron chi connectivity index (χ3n) is 1.39. The summed E-state index contributed by atoms with van der Waals surface area (Å²) in [6.07, 6.45) is 0. The van der Waals surface area contributed by atoms with Crippen molar-refractivity contribution in [2.45, 2.75) is 0 Å². The minimum Gasteiger partial charge on any atom is -0.497 e. The lowest BCUT2D eigenvalue weighted by Crippen LogP contribution is -1.85. The first-order valence-corrected chi connectivity index (χ1v) is 3.23. The maximum absolute atomic E-state index is 12.6. The molecule has 11 heavy (non-hydrogen) atoms. The summed E-state index contributed by atoms with van der Waals surface area (Å²) in [6, 6.07) is 6.13. The van der Waals surface area contributed by atoms with Crippen molar-refractivity contribution < 1.29 is 9.13 Å². The maximum atomic E-state index is 12.6. The molecular weight excluding hydrogens is 143 g/mol. The van der Waals surface area contributed by atoms with Crippen molar-refractivity contribution in [1.29, 1.82) is 0 Å². The summed E-state index contributed by atoms with van der Waals surface area (Å²) in [4.78, 5) is 0. The molecular formula is C9H9FO. The second-order valence-corrected chi connectivity index (χ2v) is 2.14. The molecule has 0 aliphatic rings. The van der Waals surface area contributed by atoms with Crippen LogP contribution in [0.25, 0.3) is 5.76 Å². The van der Waals surface area contributed by atoms with E-state index >= 15 is 0 Å². The van der Waals surface area contributed by atoms with E-state index in [1.54, 1.807) is 12.1 Å². The highest BCUT2D eigenvalue weighted by Gasteiger charge is 1.97. The van der Waals surface area contributed by atoms with Gasteiger partial charge in [-0.15, -0.1) is 0 Å². The van der Waals surface area contributed by atoms with E-state index in [0.29, 0.717) is 11.3 Å². The Labute approximate surface area is 65.1 Å². The molecule has 2 heteroatoms. The molecule has 0 saturated carbocycles. The fourth-order valence-corrected chi connectivity index (χ4v) is 0.780. The van der Waals surface area contributed by atoms with Crippen molar-refractivity contribution >= 4 is 5.76 Å². The van der Waals surface area contributed by atoms with Gasteiger partial charge in [-0.1, -0.05) is 18.7 Å². The van der Waals surface area contributed by atoms with E-state index in [2.05, 4.69) is 6.58 Å². The predicted octanol–water partition coefficient (Wildman–Crippen LogP) is 2.44. The van der Waals surface area contributed by atoms with Crippen LogP contribution in [0, 0.1) is 5.82 Å². The quantitative estimate of drug-likeness (QED) is 0.591. The van der Waals surface area contributed by atoms with Crippen molar-refractivity contribution in [3.8, 4) is 0 Å². The third-order valence-corrected chi connectivity index (χ3v) is 1.39. The summed E-state index contributed by atoms with van der Waals surface area (Å²) in [6.45, 7) is 3.60. The fourth-order valence-electron chi connectivity index (χ4n) is 0.780.